The Morgan fingerprint density at radius 1 is 1.42 bits per heavy atom. The van der Waals surface area contributed by atoms with Gasteiger partial charge in [0.05, 0.1) is 0 Å². The Morgan fingerprint density at radius 3 is 2.58 bits per heavy atom. The number of nitrogens with one attached hydrogen (secondary N) is 1. The largest absolute Gasteiger partial charge is 0.359 e. The molecule has 0 spiro atoms. The van der Waals surface area contributed by atoms with Crippen molar-refractivity contribution in [1.82, 2.24) is 5.32 Å². The molecule has 0 aromatic rings. The van der Waals surface area contributed by atoms with Gasteiger partial charge in [-0.3, -0.25) is 4.79 Å². The molecule has 0 aliphatic rings. The molecule has 0 fully saturated rings. The number of amides is 1. The van der Waals surface area contributed by atoms with Crippen LogP contribution >= 0.6 is 0 Å². The predicted molar refractivity (Wildman–Crippen MR) is 52.0 cm³/mol. The van der Waals surface area contributed by atoms with Crippen LogP contribution in [0.2, 0.25) is 0 Å². The van der Waals surface area contributed by atoms with Gasteiger partial charge in [0.15, 0.2) is 0 Å². The van der Waals surface area contributed by atoms with Crippen LogP contribution in [0.15, 0.2) is 0 Å². The van der Waals surface area contributed by atoms with Gasteiger partial charge in [-0.15, -0.1) is 0 Å². The van der Waals surface area contributed by atoms with Crippen molar-refractivity contribution < 1.29 is 4.79 Å². The SMILES string of the molecule is CCCC(C)CCCC(=O)NC. The zero-order chi connectivity index (χ0) is 9.40. The average Bonchev–Trinajstić information content (AvgIpc) is 2.04. The molecule has 0 aromatic carbocycles. The molecule has 0 aromatic heterocycles. The maximum absolute atomic E-state index is 10.8. The third-order valence-electron chi connectivity index (χ3n) is 2.16. The number of carbonyl (C=O) groups is 1. The molecule has 2 heteroatoms. The Balaban J connectivity index is 3.24. The van der Waals surface area contributed by atoms with Gasteiger partial charge in [-0.1, -0.05) is 33.1 Å². The fourth-order valence-corrected chi connectivity index (χ4v) is 1.37. The van der Waals surface area contributed by atoms with Crippen molar-refractivity contribution in [2.24, 2.45) is 5.92 Å². The van der Waals surface area contributed by atoms with Crippen molar-refractivity contribution in [2.75, 3.05) is 7.05 Å². The molecular weight excluding hydrogens is 150 g/mol. The molecule has 0 saturated carbocycles. The summed E-state index contributed by atoms with van der Waals surface area (Å²) in [5.41, 5.74) is 0. The van der Waals surface area contributed by atoms with Crippen molar-refractivity contribution in [3.05, 3.63) is 0 Å². The second-order valence-electron chi connectivity index (χ2n) is 3.46. The van der Waals surface area contributed by atoms with E-state index < -0.39 is 0 Å². The topological polar surface area (TPSA) is 29.1 Å². The van der Waals surface area contributed by atoms with Crippen LogP contribution in [0.4, 0.5) is 0 Å². The number of rotatable bonds is 6. The van der Waals surface area contributed by atoms with Crippen LogP contribution in [0.3, 0.4) is 0 Å². The van der Waals surface area contributed by atoms with Crippen molar-refractivity contribution in [3.8, 4) is 0 Å². The van der Waals surface area contributed by atoms with Gasteiger partial charge in [-0.25, -0.2) is 0 Å². The van der Waals surface area contributed by atoms with Crippen LogP contribution in [0.5, 0.6) is 0 Å². The lowest BCUT2D eigenvalue weighted by molar-refractivity contribution is -0.120. The highest BCUT2D eigenvalue weighted by Gasteiger charge is 2.02. The molecule has 1 amide bonds. The van der Waals surface area contributed by atoms with Crippen molar-refractivity contribution in [3.63, 3.8) is 0 Å². The maximum Gasteiger partial charge on any atom is 0.219 e. The lowest BCUT2D eigenvalue weighted by Crippen LogP contribution is -2.17. The standard InChI is InChI=1S/C10H21NO/c1-4-6-9(2)7-5-8-10(12)11-3/h9H,4-8H2,1-3H3,(H,11,12). The van der Waals surface area contributed by atoms with Crippen LogP contribution in [0.1, 0.15) is 46.0 Å². The molecule has 0 saturated heterocycles. The molecule has 1 atom stereocenters. The van der Waals surface area contributed by atoms with Crippen LogP contribution in [0, 0.1) is 5.92 Å². The summed E-state index contributed by atoms with van der Waals surface area (Å²) in [5, 5.41) is 2.63. The van der Waals surface area contributed by atoms with Gasteiger partial charge in [-0.05, 0) is 12.3 Å². The second kappa shape index (κ2) is 7.14. The molecule has 0 aliphatic heterocycles. The van der Waals surface area contributed by atoms with Gasteiger partial charge in [0.2, 0.25) is 5.91 Å². The fourth-order valence-electron chi connectivity index (χ4n) is 1.37. The van der Waals surface area contributed by atoms with E-state index in [1.54, 1.807) is 7.05 Å². The van der Waals surface area contributed by atoms with Crippen LogP contribution < -0.4 is 5.32 Å². The highest BCUT2D eigenvalue weighted by molar-refractivity contribution is 5.75. The summed E-state index contributed by atoms with van der Waals surface area (Å²) in [7, 11) is 1.69. The first-order valence-electron chi connectivity index (χ1n) is 4.91. The fraction of sp³-hybridized carbons (Fsp3) is 0.900. The maximum atomic E-state index is 10.8. The zero-order valence-corrected chi connectivity index (χ0v) is 8.52. The third kappa shape index (κ3) is 6.20. The van der Waals surface area contributed by atoms with Gasteiger partial charge < -0.3 is 5.32 Å². The highest BCUT2D eigenvalue weighted by Crippen LogP contribution is 2.13. The third-order valence-corrected chi connectivity index (χ3v) is 2.16. The van der Waals surface area contributed by atoms with Crippen LogP contribution in [-0.2, 0) is 4.79 Å². The minimum absolute atomic E-state index is 0.165. The Hall–Kier alpha value is -0.530. The van der Waals surface area contributed by atoms with Crippen molar-refractivity contribution in [2.45, 2.75) is 46.0 Å². The van der Waals surface area contributed by atoms with E-state index in [0.717, 1.165) is 12.3 Å². The minimum Gasteiger partial charge on any atom is -0.359 e. The van der Waals surface area contributed by atoms with E-state index in [-0.39, 0.29) is 5.91 Å². The predicted octanol–water partition coefficient (Wildman–Crippen LogP) is 2.34. The van der Waals surface area contributed by atoms with E-state index in [0.29, 0.717) is 6.42 Å². The monoisotopic (exact) mass is 171 g/mol. The number of hydrogen-bond donors (Lipinski definition) is 1. The molecule has 2 nitrogen and oxygen atoms in total. The summed E-state index contributed by atoms with van der Waals surface area (Å²) in [6.45, 7) is 4.46. The van der Waals surface area contributed by atoms with E-state index in [2.05, 4.69) is 19.2 Å². The molecule has 72 valence electrons. The van der Waals surface area contributed by atoms with Gasteiger partial charge in [0, 0.05) is 13.5 Å². The van der Waals surface area contributed by atoms with Gasteiger partial charge >= 0.3 is 0 Å². The normalized spacial score (nSPS) is 12.6. The van der Waals surface area contributed by atoms with E-state index in [9.17, 15) is 4.79 Å². The average molecular weight is 171 g/mol. The van der Waals surface area contributed by atoms with Crippen LogP contribution in [-0.4, -0.2) is 13.0 Å². The molecular formula is C10H21NO. The first-order chi connectivity index (χ1) is 5.70. The molecule has 0 rings (SSSR count). The van der Waals surface area contributed by atoms with E-state index in [1.807, 2.05) is 0 Å². The number of carbonyl (C=O) groups excluding carboxylic acids is 1. The lowest BCUT2D eigenvalue weighted by Gasteiger charge is -2.08. The van der Waals surface area contributed by atoms with Gasteiger partial charge in [-0.2, -0.15) is 0 Å². The van der Waals surface area contributed by atoms with Gasteiger partial charge in [0.25, 0.3) is 0 Å². The summed E-state index contributed by atoms with van der Waals surface area (Å²) >= 11 is 0. The van der Waals surface area contributed by atoms with Crippen molar-refractivity contribution in [1.29, 1.82) is 0 Å². The molecule has 0 bridgehead atoms. The van der Waals surface area contributed by atoms with Crippen LogP contribution in [0.25, 0.3) is 0 Å². The Labute approximate surface area is 75.7 Å². The zero-order valence-electron chi connectivity index (χ0n) is 8.52. The Bertz CT molecular complexity index is 123. The Morgan fingerprint density at radius 2 is 2.08 bits per heavy atom. The van der Waals surface area contributed by atoms with E-state index >= 15 is 0 Å². The quantitative estimate of drug-likeness (QED) is 0.653. The molecule has 0 aliphatic carbocycles. The molecule has 12 heavy (non-hydrogen) atoms. The molecule has 0 heterocycles. The lowest BCUT2D eigenvalue weighted by atomic mass is 9.99. The van der Waals surface area contributed by atoms with E-state index in [4.69, 9.17) is 0 Å². The summed E-state index contributed by atoms with van der Waals surface area (Å²) in [6, 6.07) is 0. The molecule has 1 unspecified atom stereocenters. The smallest absolute Gasteiger partial charge is 0.219 e. The number of hydrogen-bond acceptors (Lipinski definition) is 1. The summed E-state index contributed by atoms with van der Waals surface area (Å²) < 4.78 is 0. The minimum atomic E-state index is 0.165. The summed E-state index contributed by atoms with van der Waals surface area (Å²) in [6.07, 6.45) is 5.43. The first kappa shape index (κ1) is 11.5. The molecule has 1 N–H and O–H groups in total. The first-order valence-corrected chi connectivity index (χ1v) is 4.91. The Kier molecular flexibility index (Phi) is 6.82. The molecule has 0 radical (unpaired) electrons. The highest BCUT2D eigenvalue weighted by atomic mass is 16.1. The second-order valence-corrected chi connectivity index (χ2v) is 3.46. The van der Waals surface area contributed by atoms with Crippen molar-refractivity contribution >= 4 is 5.91 Å². The summed E-state index contributed by atoms with van der Waals surface area (Å²) in [4.78, 5) is 10.8. The summed E-state index contributed by atoms with van der Waals surface area (Å²) in [5.74, 6) is 0.943. The van der Waals surface area contributed by atoms with E-state index in [1.165, 1.54) is 19.3 Å². The van der Waals surface area contributed by atoms with Gasteiger partial charge in [0.1, 0.15) is 0 Å².